The molecule has 0 aliphatic heterocycles. The molecule has 1 fully saturated rings. The molecule has 0 radical (unpaired) electrons. The van der Waals surface area contributed by atoms with E-state index in [4.69, 9.17) is 0 Å². The molecule has 2 aromatic rings. The monoisotopic (exact) mass is 230 g/mol. The van der Waals surface area contributed by atoms with Crippen LogP contribution in [0, 0.1) is 11.8 Å². The second-order valence-corrected chi connectivity index (χ2v) is 5.05. The van der Waals surface area contributed by atoms with E-state index in [0.29, 0.717) is 5.82 Å². The van der Waals surface area contributed by atoms with E-state index >= 15 is 0 Å². The van der Waals surface area contributed by atoms with Crippen molar-refractivity contribution in [3.63, 3.8) is 0 Å². The van der Waals surface area contributed by atoms with Crippen LogP contribution in [-0.4, -0.2) is 30.8 Å². The molecule has 2 heterocycles. The van der Waals surface area contributed by atoms with Crippen LogP contribution in [0.25, 0.3) is 11.5 Å². The molecule has 6 heteroatoms. The van der Waals surface area contributed by atoms with E-state index in [2.05, 4.69) is 37.7 Å². The van der Waals surface area contributed by atoms with Crippen LogP contribution in [0.4, 0.5) is 0 Å². The Labute approximate surface area is 98.2 Å². The largest absolute Gasteiger partial charge is 0.281 e. The molecule has 2 aromatic heterocycles. The van der Waals surface area contributed by atoms with Gasteiger partial charge in [0.25, 0.3) is 0 Å². The molecule has 1 saturated carbocycles. The first-order valence-corrected chi connectivity index (χ1v) is 6.21. The molecule has 4 rings (SSSR count). The van der Waals surface area contributed by atoms with Gasteiger partial charge in [-0.3, -0.25) is 5.10 Å². The van der Waals surface area contributed by atoms with Crippen LogP contribution in [0.1, 0.15) is 36.9 Å². The van der Waals surface area contributed by atoms with Crippen molar-refractivity contribution in [3.05, 3.63) is 11.3 Å². The van der Waals surface area contributed by atoms with E-state index < -0.39 is 0 Å². The summed E-state index contributed by atoms with van der Waals surface area (Å²) in [6.45, 7) is 2.26. The molecule has 0 spiro atoms. The van der Waals surface area contributed by atoms with Gasteiger partial charge in [0.05, 0.1) is 0 Å². The SMILES string of the molecule is CCCC1[C@H]2c3[nH]nc(-c4nn[nH]n4)c3C[C@@H]12. The lowest BCUT2D eigenvalue weighted by Gasteiger charge is -2.01. The molecular weight excluding hydrogens is 216 g/mol. The molecule has 0 aromatic carbocycles. The van der Waals surface area contributed by atoms with Gasteiger partial charge in [0.1, 0.15) is 5.69 Å². The maximum atomic E-state index is 4.34. The molecule has 0 amide bonds. The molecule has 17 heavy (non-hydrogen) atoms. The van der Waals surface area contributed by atoms with E-state index in [1.807, 2.05) is 0 Å². The van der Waals surface area contributed by atoms with Crippen LogP contribution < -0.4 is 0 Å². The topological polar surface area (TPSA) is 83.1 Å². The zero-order valence-electron chi connectivity index (χ0n) is 9.64. The van der Waals surface area contributed by atoms with Gasteiger partial charge in [-0.15, -0.1) is 10.2 Å². The van der Waals surface area contributed by atoms with Crippen molar-refractivity contribution in [1.82, 2.24) is 30.8 Å². The Morgan fingerprint density at radius 1 is 1.35 bits per heavy atom. The van der Waals surface area contributed by atoms with Crippen LogP contribution in [0.5, 0.6) is 0 Å². The second-order valence-electron chi connectivity index (χ2n) is 5.05. The number of nitrogens with one attached hydrogen (secondary N) is 2. The predicted octanol–water partition coefficient (Wildman–Crippen LogP) is 1.28. The van der Waals surface area contributed by atoms with Crippen molar-refractivity contribution in [3.8, 4) is 11.5 Å². The zero-order chi connectivity index (χ0) is 11.4. The van der Waals surface area contributed by atoms with Crippen LogP contribution >= 0.6 is 0 Å². The van der Waals surface area contributed by atoms with Crippen molar-refractivity contribution in [2.24, 2.45) is 11.8 Å². The van der Waals surface area contributed by atoms with Crippen LogP contribution in [0.15, 0.2) is 0 Å². The van der Waals surface area contributed by atoms with Crippen molar-refractivity contribution < 1.29 is 0 Å². The van der Waals surface area contributed by atoms with Crippen molar-refractivity contribution >= 4 is 0 Å². The smallest absolute Gasteiger partial charge is 0.225 e. The molecule has 0 bridgehead atoms. The van der Waals surface area contributed by atoms with Gasteiger partial charge < -0.3 is 0 Å². The fourth-order valence-electron chi connectivity index (χ4n) is 3.42. The first kappa shape index (κ1) is 9.32. The highest BCUT2D eigenvalue weighted by atomic mass is 15.5. The molecular formula is C11H14N6. The summed E-state index contributed by atoms with van der Waals surface area (Å²) in [6.07, 6.45) is 3.75. The van der Waals surface area contributed by atoms with Crippen LogP contribution in [0.2, 0.25) is 0 Å². The van der Waals surface area contributed by atoms with Gasteiger partial charge in [0, 0.05) is 17.2 Å². The standard InChI is InChI=1S/C11H14N6/c1-2-3-5-6-4-7-9(8(5)6)12-13-10(7)11-14-16-17-15-11/h5-6,8H,2-4H2,1H3,(H,12,13)(H,14,15,16,17)/t5?,6-,8+/m0/s1. The van der Waals surface area contributed by atoms with E-state index in [-0.39, 0.29) is 0 Å². The van der Waals surface area contributed by atoms with Gasteiger partial charge in [-0.05, 0) is 29.9 Å². The normalized spacial score (nSPS) is 29.1. The molecule has 0 saturated heterocycles. The van der Waals surface area contributed by atoms with E-state index in [1.165, 1.54) is 24.1 Å². The highest BCUT2D eigenvalue weighted by Crippen LogP contribution is 2.63. The van der Waals surface area contributed by atoms with E-state index in [1.54, 1.807) is 0 Å². The van der Waals surface area contributed by atoms with Gasteiger partial charge in [0.2, 0.25) is 5.82 Å². The Balaban J connectivity index is 1.68. The summed E-state index contributed by atoms with van der Waals surface area (Å²) in [7, 11) is 0. The van der Waals surface area contributed by atoms with Gasteiger partial charge in [-0.25, -0.2) is 0 Å². The first-order valence-electron chi connectivity index (χ1n) is 6.21. The number of rotatable bonds is 3. The minimum atomic E-state index is 0.607. The third-order valence-electron chi connectivity index (χ3n) is 4.18. The lowest BCUT2D eigenvalue weighted by molar-refractivity contribution is 0.620. The van der Waals surface area contributed by atoms with Crippen LogP contribution in [-0.2, 0) is 6.42 Å². The van der Waals surface area contributed by atoms with Crippen molar-refractivity contribution in [1.29, 1.82) is 0 Å². The number of fused-ring (bicyclic) bond motifs is 3. The average molecular weight is 230 g/mol. The highest BCUT2D eigenvalue weighted by molar-refractivity contribution is 5.59. The Hall–Kier alpha value is -1.72. The Kier molecular flexibility index (Phi) is 1.73. The van der Waals surface area contributed by atoms with Crippen molar-refractivity contribution in [2.75, 3.05) is 0 Å². The van der Waals surface area contributed by atoms with Crippen molar-refractivity contribution in [2.45, 2.75) is 32.1 Å². The minimum Gasteiger partial charge on any atom is -0.281 e. The lowest BCUT2D eigenvalue weighted by atomic mass is 10.0. The number of hydrogen-bond acceptors (Lipinski definition) is 4. The predicted molar refractivity (Wildman–Crippen MR) is 60.1 cm³/mol. The zero-order valence-corrected chi connectivity index (χ0v) is 9.64. The maximum absolute atomic E-state index is 4.34. The molecule has 3 atom stereocenters. The summed E-state index contributed by atoms with van der Waals surface area (Å²) in [5.74, 6) is 3.05. The summed E-state index contributed by atoms with van der Waals surface area (Å²) in [5, 5.41) is 21.6. The summed E-state index contributed by atoms with van der Waals surface area (Å²) in [5.41, 5.74) is 3.53. The molecule has 1 unspecified atom stereocenters. The number of H-pyrrole nitrogens is 2. The molecule has 2 N–H and O–H groups in total. The molecule has 88 valence electrons. The van der Waals surface area contributed by atoms with Gasteiger partial charge in [0.15, 0.2) is 0 Å². The van der Waals surface area contributed by atoms with Crippen LogP contribution in [0.3, 0.4) is 0 Å². The fourth-order valence-corrected chi connectivity index (χ4v) is 3.42. The third-order valence-corrected chi connectivity index (χ3v) is 4.18. The minimum absolute atomic E-state index is 0.607. The Morgan fingerprint density at radius 2 is 2.29 bits per heavy atom. The summed E-state index contributed by atoms with van der Waals surface area (Å²) >= 11 is 0. The summed E-state index contributed by atoms with van der Waals surface area (Å²) < 4.78 is 0. The molecule has 2 aliphatic rings. The quantitative estimate of drug-likeness (QED) is 0.831. The summed E-state index contributed by atoms with van der Waals surface area (Å²) in [6, 6.07) is 0. The number of tetrazole rings is 1. The molecule has 2 aliphatic carbocycles. The van der Waals surface area contributed by atoms with E-state index in [0.717, 1.165) is 29.9 Å². The van der Waals surface area contributed by atoms with E-state index in [9.17, 15) is 0 Å². The average Bonchev–Trinajstić information content (AvgIpc) is 2.82. The fraction of sp³-hybridized carbons (Fsp3) is 0.636. The number of nitrogens with zero attached hydrogens (tertiary/aromatic N) is 4. The third kappa shape index (κ3) is 1.15. The van der Waals surface area contributed by atoms with Gasteiger partial charge in [-0.1, -0.05) is 13.3 Å². The maximum Gasteiger partial charge on any atom is 0.225 e. The number of aromatic nitrogens is 6. The van der Waals surface area contributed by atoms with Gasteiger partial charge in [-0.2, -0.15) is 10.3 Å². The lowest BCUT2D eigenvalue weighted by Crippen LogP contribution is -1.94. The Bertz CT molecular complexity index is 542. The summed E-state index contributed by atoms with van der Waals surface area (Å²) in [4.78, 5) is 0. The highest BCUT2D eigenvalue weighted by Gasteiger charge is 2.56. The first-order chi connectivity index (χ1) is 8.40. The second kappa shape index (κ2) is 3.15. The van der Waals surface area contributed by atoms with Gasteiger partial charge >= 0.3 is 0 Å². The number of hydrogen-bond donors (Lipinski definition) is 2. The molecule has 6 nitrogen and oxygen atoms in total. The number of aromatic amines is 2. The Morgan fingerprint density at radius 3 is 3.06 bits per heavy atom.